The minimum atomic E-state index is 0.410. The Morgan fingerprint density at radius 2 is 1.35 bits per heavy atom. The largest absolute Gasteiger partial charge is 0.337 e. The van der Waals surface area contributed by atoms with Gasteiger partial charge in [0.15, 0.2) is 0 Å². The van der Waals surface area contributed by atoms with E-state index in [1.54, 1.807) is 0 Å². The van der Waals surface area contributed by atoms with Crippen molar-refractivity contribution in [2.75, 3.05) is 0 Å². The van der Waals surface area contributed by atoms with Gasteiger partial charge in [0.05, 0.1) is 0 Å². The van der Waals surface area contributed by atoms with Crippen molar-refractivity contribution >= 4 is 5.91 Å². The van der Waals surface area contributed by atoms with Crippen molar-refractivity contribution in [3.8, 4) is 0 Å². The highest BCUT2D eigenvalue weighted by atomic mass is 16.2. The number of hydrogen-bond acceptors (Lipinski definition) is 1. The normalized spacial score (nSPS) is 20.3. The number of rotatable bonds is 5. The van der Waals surface area contributed by atoms with Gasteiger partial charge in [-0.2, -0.15) is 0 Å². The predicted molar refractivity (Wildman–Crippen MR) is 95.4 cm³/mol. The molecule has 0 aliphatic heterocycles. The molecule has 2 saturated carbocycles. The monoisotopic (exact) mass is 313 g/mol. The Labute approximate surface area is 141 Å². The maximum atomic E-state index is 13.0. The van der Waals surface area contributed by atoms with Gasteiger partial charge in [-0.25, -0.2) is 0 Å². The molecule has 0 atom stereocenters. The summed E-state index contributed by atoms with van der Waals surface area (Å²) >= 11 is 0. The fraction of sp³-hybridized carbons (Fsp3) is 0.667. The van der Waals surface area contributed by atoms with Crippen molar-refractivity contribution in [3.05, 3.63) is 35.9 Å². The van der Waals surface area contributed by atoms with Crippen molar-refractivity contribution in [2.45, 2.75) is 89.1 Å². The fourth-order valence-corrected chi connectivity index (χ4v) is 4.45. The molecule has 0 saturated heterocycles. The van der Waals surface area contributed by atoms with E-state index >= 15 is 0 Å². The Morgan fingerprint density at radius 1 is 0.826 bits per heavy atom. The van der Waals surface area contributed by atoms with Crippen LogP contribution in [0.2, 0.25) is 0 Å². The molecule has 1 aromatic carbocycles. The summed E-state index contributed by atoms with van der Waals surface area (Å²) in [6.07, 6.45) is 14.4. The van der Waals surface area contributed by atoms with Crippen LogP contribution in [0, 0.1) is 0 Å². The van der Waals surface area contributed by atoms with Gasteiger partial charge in [-0.15, -0.1) is 0 Å². The number of carbonyl (C=O) groups excluding carboxylic acids is 1. The standard InChI is InChI=1S/C21H31NO/c23-21(17-16-18-10-4-1-5-11-18)22(19-12-6-2-7-13-19)20-14-8-3-9-15-20/h1,4-5,10-11,19-20H,2-3,6-9,12-17H2. The predicted octanol–water partition coefficient (Wildman–Crippen LogP) is 5.11. The average Bonchev–Trinajstić information content (AvgIpc) is 2.63. The maximum Gasteiger partial charge on any atom is 0.223 e. The molecule has 0 bridgehead atoms. The Morgan fingerprint density at radius 3 is 1.87 bits per heavy atom. The lowest BCUT2D eigenvalue weighted by atomic mass is 9.88. The minimum absolute atomic E-state index is 0.410. The molecule has 0 aromatic heterocycles. The van der Waals surface area contributed by atoms with Gasteiger partial charge in [-0.3, -0.25) is 4.79 Å². The van der Waals surface area contributed by atoms with Gasteiger partial charge in [0, 0.05) is 18.5 Å². The second-order valence-corrected chi connectivity index (χ2v) is 7.37. The zero-order valence-corrected chi connectivity index (χ0v) is 14.4. The van der Waals surface area contributed by atoms with Crippen molar-refractivity contribution in [1.29, 1.82) is 0 Å². The van der Waals surface area contributed by atoms with E-state index < -0.39 is 0 Å². The molecular formula is C21H31NO. The molecule has 0 radical (unpaired) electrons. The van der Waals surface area contributed by atoms with Gasteiger partial charge in [-0.05, 0) is 37.7 Å². The number of carbonyl (C=O) groups is 1. The summed E-state index contributed by atoms with van der Waals surface area (Å²) in [5, 5.41) is 0. The molecule has 1 amide bonds. The summed E-state index contributed by atoms with van der Waals surface area (Å²) in [6, 6.07) is 11.5. The number of hydrogen-bond donors (Lipinski definition) is 0. The van der Waals surface area contributed by atoms with E-state index in [0.717, 1.165) is 6.42 Å². The Bertz CT molecular complexity index is 454. The van der Waals surface area contributed by atoms with Gasteiger partial charge in [-0.1, -0.05) is 68.9 Å². The van der Waals surface area contributed by atoms with E-state index in [4.69, 9.17) is 0 Å². The zero-order valence-electron chi connectivity index (χ0n) is 14.4. The molecule has 2 nitrogen and oxygen atoms in total. The molecule has 0 N–H and O–H groups in total. The Balaban J connectivity index is 1.64. The van der Waals surface area contributed by atoms with Gasteiger partial charge in [0.1, 0.15) is 0 Å². The van der Waals surface area contributed by atoms with E-state index in [0.29, 0.717) is 24.4 Å². The summed E-state index contributed by atoms with van der Waals surface area (Å²) in [4.78, 5) is 15.4. The van der Waals surface area contributed by atoms with Gasteiger partial charge in [0.2, 0.25) is 5.91 Å². The van der Waals surface area contributed by atoms with E-state index in [2.05, 4.69) is 29.2 Å². The lowest BCUT2D eigenvalue weighted by Crippen LogP contribution is -2.48. The molecule has 23 heavy (non-hydrogen) atoms. The van der Waals surface area contributed by atoms with Crippen molar-refractivity contribution in [2.24, 2.45) is 0 Å². The van der Waals surface area contributed by atoms with Crippen molar-refractivity contribution < 1.29 is 4.79 Å². The first kappa shape index (κ1) is 16.5. The lowest BCUT2D eigenvalue weighted by molar-refractivity contribution is -0.138. The molecule has 3 rings (SSSR count). The maximum absolute atomic E-state index is 13.0. The van der Waals surface area contributed by atoms with Crippen LogP contribution in [0.15, 0.2) is 30.3 Å². The van der Waals surface area contributed by atoms with E-state index in [1.165, 1.54) is 69.8 Å². The van der Waals surface area contributed by atoms with E-state index in [9.17, 15) is 4.79 Å². The Hall–Kier alpha value is -1.31. The van der Waals surface area contributed by atoms with Crippen LogP contribution in [0.4, 0.5) is 0 Å². The smallest absolute Gasteiger partial charge is 0.223 e. The third kappa shape index (κ3) is 4.59. The molecule has 2 aliphatic carbocycles. The number of aryl methyl sites for hydroxylation is 1. The van der Waals surface area contributed by atoms with E-state index in [-0.39, 0.29) is 0 Å². The molecule has 2 heteroatoms. The molecule has 0 spiro atoms. The molecule has 126 valence electrons. The first-order valence-electron chi connectivity index (χ1n) is 9.69. The topological polar surface area (TPSA) is 20.3 Å². The average molecular weight is 313 g/mol. The molecule has 1 aromatic rings. The van der Waals surface area contributed by atoms with E-state index in [1.807, 2.05) is 6.07 Å². The minimum Gasteiger partial charge on any atom is -0.337 e. The van der Waals surface area contributed by atoms with Crippen LogP contribution >= 0.6 is 0 Å². The van der Waals surface area contributed by atoms with Crippen LogP contribution < -0.4 is 0 Å². The number of amides is 1. The SMILES string of the molecule is O=C(CCc1ccccc1)N(C1CCCCC1)C1CCCCC1. The van der Waals surface area contributed by atoms with Crippen LogP contribution in [0.3, 0.4) is 0 Å². The van der Waals surface area contributed by atoms with Crippen LogP contribution in [0.1, 0.15) is 76.2 Å². The Kier molecular flexibility index (Phi) is 6.13. The molecule has 2 fully saturated rings. The van der Waals surface area contributed by atoms with Crippen molar-refractivity contribution in [3.63, 3.8) is 0 Å². The highest BCUT2D eigenvalue weighted by Crippen LogP contribution is 2.30. The third-order valence-electron chi connectivity index (χ3n) is 5.69. The van der Waals surface area contributed by atoms with Crippen LogP contribution in [0.25, 0.3) is 0 Å². The first-order chi connectivity index (χ1) is 11.3. The molecule has 0 unspecified atom stereocenters. The van der Waals surface area contributed by atoms with Crippen LogP contribution in [-0.4, -0.2) is 22.9 Å². The lowest BCUT2D eigenvalue weighted by Gasteiger charge is -2.42. The summed E-state index contributed by atoms with van der Waals surface area (Å²) in [7, 11) is 0. The summed E-state index contributed by atoms with van der Waals surface area (Å²) in [6.45, 7) is 0. The van der Waals surface area contributed by atoms with Crippen molar-refractivity contribution in [1.82, 2.24) is 4.90 Å². The summed E-state index contributed by atoms with van der Waals surface area (Å²) < 4.78 is 0. The van der Waals surface area contributed by atoms with Gasteiger partial charge >= 0.3 is 0 Å². The van der Waals surface area contributed by atoms with Gasteiger partial charge in [0.25, 0.3) is 0 Å². The molecular weight excluding hydrogens is 282 g/mol. The number of benzene rings is 1. The van der Waals surface area contributed by atoms with Crippen LogP contribution in [0.5, 0.6) is 0 Å². The van der Waals surface area contributed by atoms with Crippen LogP contribution in [-0.2, 0) is 11.2 Å². The summed E-state index contributed by atoms with van der Waals surface area (Å²) in [5.41, 5.74) is 1.29. The quantitative estimate of drug-likeness (QED) is 0.739. The highest BCUT2D eigenvalue weighted by molar-refractivity contribution is 5.77. The molecule has 0 heterocycles. The zero-order chi connectivity index (χ0) is 15.9. The summed E-state index contributed by atoms with van der Waals surface area (Å²) in [5.74, 6) is 0.410. The fourth-order valence-electron chi connectivity index (χ4n) is 4.45. The third-order valence-corrected chi connectivity index (χ3v) is 5.69. The van der Waals surface area contributed by atoms with Gasteiger partial charge < -0.3 is 4.90 Å². The highest BCUT2D eigenvalue weighted by Gasteiger charge is 2.31. The number of nitrogens with zero attached hydrogens (tertiary/aromatic N) is 1. The second kappa shape index (κ2) is 8.52. The molecule has 2 aliphatic rings. The first-order valence-corrected chi connectivity index (χ1v) is 9.69. The second-order valence-electron chi connectivity index (χ2n) is 7.37.